The van der Waals surface area contributed by atoms with Gasteiger partial charge in [0.25, 0.3) is 5.91 Å². The molecule has 2 saturated heterocycles. The molecular formula is C25H30FN3O2. The van der Waals surface area contributed by atoms with E-state index < -0.39 is 0 Å². The first-order chi connectivity index (χ1) is 15.0. The molecule has 164 valence electrons. The first kappa shape index (κ1) is 21.3. The number of benzene rings is 2. The van der Waals surface area contributed by atoms with Gasteiger partial charge < -0.3 is 14.7 Å². The highest BCUT2D eigenvalue weighted by Gasteiger charge is 2.24. The lowest BCUT2D eigenvalue weighted by molar-refractivity contribution is -0.130. The van der Waals surface area contributed by atoms with E-state index in [2.05, 4.69) is 12.1 Å². The molecule has 31 heavy (non-hydrogen) atoms. The van der Waals surface area contributed by atoms with E-state index in [1.165, 1.54) is 11.6 Å². The molecule has 2 aliphatic heterocycles. The minimum absolute atomic E-state index is 0.0366. The number of likely N-dealkylation sites (tertiary alicyclic amines) is 1. The maximum atomic E-state index is 14.0. The van der Waals surface area contributed by atoms with Crippen LogP contribution < -0.4 is 4.90 Å². The number of rotatable bonds is 4. The van der Waals surface area contributed by atoms with Crippen molar-refractivity contribution in [2.75, 3.05) is 44.2 Å². The molecule has 2 aliphatic rings. The molecule has 0 saturated carbocycles. The fourth-order valence-corrected chi connectivity index (χ4v) is 4.61. The highest BCUT2D eigenvalue weighted by atomic mass is 19.1. The van der Waals surface area contributed by atoms with Gasteiger partial charge in [-0.3, -0.25) is 9.59 Å². The Morgan fingerprint density at radius 2 is 1.52 bits per heavy atom. The van der Waals surface area contributed by atoms with E-state index in [1.807, 2.05) is 32.9 Å². The lowest BCUT2D eigenvalue weighted by Crippen LogP contribution is -2.49. The minimum Gasteiger partial charge on any atom is -0.366 e. The third kappa shape index (κ3) is 5.06. The number of hydrogen-bond donors (Lipinski definition) is 0. The Bertz CT molecular complexity index is 915. The Kier molecular flexibility index (Phi) is 6.54. The van der Waals surface area contributed by atoms with Crippen LogP contribution in [0, 0.1) is 11.7 Å². The van der Waals surface area contributed by atoms with Gasteiger partial charge in [-0.15, -0.1) is 0 Å². The molecule has 2 aromatic carbocycles. The van der Waals surface area contributed by atoms with Gasteiger partial charge in [-0.25, -0.2) is 4.39 Å². The number of nitrogens with zero attached hydrogens (tertiary/aromatic N) is 3. The van der Waals surface area contributed by atoms with Crippen molar-refractivity contribution in [3.63, 3.8) is 0 Å². The molecule has 2 heterocycles. The van der Waals surface area contributed by atoms with Gasteiger partial charge in [-0.05, 0) is 55.0 Å². The van der Waals surface area contributed by atoms with Crippen LogP contribution in [0.2, 0.25) is 0 Å². The average molecular weight is 424 g/mol. The van der Waals surface area contributed by atoms with Gasteiger partial charge in [-0.1, -0.05) is 24.3 Å². The normalized spacial score (nSPS) is 17.7. The van der Waals surface area contributed by atoms with Gasteiger partial charge in [0.2, 0.25) is 5.91 Å². The summed E-state index contributed by atoms with van der Waals surface area (Å²) in [5.41, 5.74) is 2.55. The molecule has 0 bridgehead atoms. The van der Waals surface area contributed by atoms with Gasteiger partial charge in [0.15, 0.2) is 0 Å². The van der Waals surface area contributed by atoms with Crippen LogP contribution in [0.15, 0.2) is 48.5 Å². The van der Waals surface area contributed by atoms with Crippen molar-refractivity contribution >= 4 is 17.5 Å². The molecule has 0 radical (unpaired) electrons. The molecule has 2 amide bonds. The van der Waals surface area contributed by atoms with Crippen molar-refractivity contribution in [1.82, 2.24) is 9.80 Å². The Hall–Kier alpha value is -2.89. The second-order valence-electron chi connectivity index (χ2n) is 8.58. The Labute approximate surface area is 183 Å². The molecule has 4 rings (SSSR count). The predicted molar refractivity (Wildman–Crippen MR) is 120 cm³/mol. The molecule has 2 aromatic rings. The summed E-state index contributed by atoms with van der Waals surface area (Å²) in [7, 11) is 0. The highest BCUT2D eigenvalue weighted by molar-refractivity contribution is 5.94. The molecule has 5 nitrogen and oxygen atoms in total. The quantitative estimate of drug-likeness (QED) is 0.755. The SMILES string of the molecule is CC(=O)N1CCC(Cc2ccc(C(=O)N3CCN(c4ccccc4F)CC3)cc2)CC1. The number of piperidine rings is 1. The van der Waals surface area contributed by atoms with Gasteiger partial charge in [-0.2, -0.15) is 0 Å². The van der Waals surface area contributed by atoms with Crippen molar-refractivity contribution in [2.45, 2.75) is 26.2 Å². The van der Waals surface area contributed by atoms with Crippen molar-refractivity contribution in [2.24, 2.45) is 5.92 Å². The van der Waals surface area contributed by atoms with E-state index >= 15 is 0 Å². The lowest BCUT2D eigenvalue weighted by atomic mass is 9.90. The first-order valence-corrected chi connectivity index (χ1v) is 11.1. The van der Waals surface area contributed by atoms with E-state index in [-0.39, 0.29) is 17.6 Å². The predicted octanol–water partition coefficient (Wildman–Crippen LogP) is 3.59. The van der Waals surface area contributed by atoms with E-state index in [4.69, 9.17) is 0 Å². The van der Waals surface area contributed by atoms with Crippen LogP contribution in [0.4, 0.5) is 10.1 Å². The molecule has 0 unspecified atom stereocenters. The summed E-state index contributed by atoms with van der Waals surface area (Å²) >= 11 is 0. The minimum atomic E-state index is -0.218. The second-order valence-corrected chi connectivity index (χ2v) is 8.58. The maximum Gasteiger partial charge on any atom is 0.253 e. The second kappa shape index (κ2) is 9.50. The number of amides is 2. The maximum absolute atomic E-state index is 14.0. The molecule has 0 atom stereocenters. The zero-order chi connectivity index (χ0) is 21.8. The zero-order valence-electron chi connectivity index (χ0n) is 18.1. The Balaban J connectivity index is 1.29. The fourth-order valence-electron chi connectivity index (χ4n) is 4.61. The molecule has 6 heteroatoms. The summed E-state index contributed by atoms with van der Waals surface area (Å²) in [4.78, 5) is 30.1. The van der Waals surface area contributed by atoms with E-state index in [0.29, 0.717) is 43.3 Å². The fraction of sp³-hybridized carbons (Fsp3) is 0.440. The van der Waals surface area contributed by atoms with Crippen LogP contribution in [-0.2, 0) is 11.2 Å². The van der Waals surface area contributed by atoms with Gasteiger partial charge in [0.05, 0.1) is 5.69 Å². The third-order valence-corrected chi connectivity index (χ3v) is 6.55. The number of piperazine rings is 1. The monoisotopic (exact) mass is 423 g/mol. The number of anilines is 1. The number of para-hydroxylation sites is 1. The Morgan fingerprint density at radius 1 is 0.871 bits per heavy atom. The zero-order valence-corrected chi connectivity index (χ0v) is 18.1. The van der Waals surface area contributed by atoms with Crippen molar-refractivity contribution in [1.29, 1.82) is 0 Å². The summed E-state index contributed by atoms with van der Waals surface area (Å²) in [5, 5.41) is 0. The summed E-state index contributed by atoms with van der Waals surface area (Å²) in [5.74, 6) is 0.569. The smallest absolute Gasteiger partial charge is 0.253 e. The molecule has 0 aromatic heterocycles. The summed E-state index contributed by atoms with van der Waals surface area (Å²) < 4.78 is 14.0. The van der Waals surface area contributed by atoms with Crippen molar-refractivity contribution < 1.29 is 14.0 Å². The van der Waals surface area contributed by atoms with Crippen LogP contribution in [0.5, 0.6) is 0 Å². The first-order valence-electron chi connectivity index (χ1n) is 11.1. The van der Waals surface area contributed by atoms with Gasteiger partial charge in [0.1, 0.15) is 5.82 Å². The molecular weight excluding hydrogens is 393 g/mol. The molecule has 0 N–H and O–H groups in total. The number of carbonyl (C=O) groups is 2. The van der Waals surface area contributed by atoms with Crippen molar-refractivity contribution in [3.8, 4) is 0 Å². The summed E-state index contributed by atoms with van der Waals surface area (Å²) in [6.45, 7) is 5.75. The van der Waals surface area contributed by atoms with E-state index in [9.17, 15) is 14.0 Å². The highest BCUT2D eigenvalue weighted by Crippen LogP contribution is 2.23. The van der Waals surface area contributed by atoms with Crippen LogP contribution in [-0.4, -0.2) is 60.9 Å². The van der Waals surface area contributed by atoms with Crippen LogP contribution in [0.25, 0.3) is 0 Å². The number of carbonyl (C=O) groups excluding carboxylic acids is 2. The lowest BCUT2D eigenvalue weighted by Gasteiger charge is -2.36. The average Bonchev–Trinajstić information content (AvgIpc) is 2.80. The van der Waals surface area contributed by atoms with Gasteiger partial charge >= 0.3 is 0 Å². The summed E-state index contributed by atoms with van der Waals surface area (Å²) in [6.07, 6.45) is 3.06. The molecule has 0 aliphatic carbocycles. The Morgan fingerprint density at radius 3 is 2.13 bits per heavy atom. The van der Waals surface area contributed by atoms with E-state index in [1.54, 1.807) is 19.1 Å². The van der Waals surface area contributed by atoms with Crippen LogP contribution >= 0.6 is 0 Å². The summed E-state index contributed by atoms with van der Waals surface area (Å²) in [6, 6.07) is 14.7. The van der Waals surface area contributed by atoms with Crippen LogP contribution in [0.1, 0.15) is 35.7 Å². The van der Waals surface area contributed by atoms with E-state index in [0.717, 1.165) is 32.4 Å². The number of halogens is 1. The topological polar surface area (TPSA) is 43.9 Å². The van der Waals surface area contributed by atoms with Crippen LogP contribution in [0.3, 0.4) is 0 Å². The van der Waals surface area contributed by atoms with Gasteiger partial charge in [0, 0.05) is 51.8 Å². The molecule has 0 spiro atoms. The number of hydrogen-bond acceptors (Lipinski definition) is 3. The third-order valence-electron chi connectivity index (χ3n) is 6.55. The standard InChI is InChI=1S/C25H30FN3O2/c1-19(30)27-12-10-21(11-13-27)18-20-6-8-22(9-7-20)25(31)29-16-14-28(15-17-29)24-5-3-2-4-23(24)26/h2-9,21H,10-18H2,1H3. The largest absolute Gasteiger partial charge is 0.366 e. The van der Waals surface area contributed by atoms with Crippen molar-refractivity contribution in [3.05, 3.63) is 65.5 Å². The molecule has 2 fully saturated rings.